The second kappa shape index (κ2) is 8.46. The van der Waals surface area contributed by atoms with Crippen molar-refractivity contribution in [1.82, 2.24) is 20.0 Å². The summed E-state index contributed by atoms with van der Waals surface area (Å²) in [7, 11) is -3.89. The molecule has 0 bridgehead atoms. The first-order valence-electron chi connectivity index (χ1n) is 10.0. The van der Waals surface area contributed by atoms with Gasteiger partial charge in [0.05, 0.1) is 4.90 Å². The van der Waals surface area contributed by atoms with Gasteiger partial charge in [-0.1, -0.05) is 17.3 Å². The molecule has 1 saturated heterocycles. The maximum absolute atomic E-state index is 13.0. The zero-order chi connectivity index (χ0) is 22.0. The van der Waals surface area contributed by atoms with Crippen molar-refractivity contribution in [1.29, 1.82) is 0 Å². The highest BCUT2D eigenvalue weighted by molar-refractivity contribution is 7.92. The van der Waals surface area contributed by atoms with Crippen LogP contribution in [0.1, 0.15) is 41.1 Å². The molecule has 31 heavy (non-hydrogen) atoms. The molecule has 2 aromatic heterocycles. The lowest BCUT2D eigenvalue weighted by atomic mass is 10.1. The fourth-order valence-corrected chi connectivity index (χ4v) is 4.74. The molecule has 1 fully saturated rings. The summed E-state index contributed by atoms with van der Waals surface area (Å²) in [5.74, 6) is -0.00108. The number of sulfonamides is 1. The topological polar surface area (TPSA) is 118 Å². The fourth-order valence-electron chi connectivity index (χ4n) is 3.47. The molecule has 0 saturated carbocycles. The molecule has 3 aromatic rings. The van der Waals surface area contributed by atoms with E-state index >= 15 is 0 Å². The number of anilines is 1. The van der Waals surface area contributed by atoms with E-state index in [4.69, 9.17) is 4.52 Å². The molecule has 0 radical (unpaired) electrons. The van der Waals surface area contributed by atoms with Crippen LogP contribution in [0.4, 0.5) is 5.82 Å². The van der Waals surface area contributed by atoms with Crippen molar-refractivity contribution in [3.63, 3.8) is 0 Å². The zero-order valence-electron chi connectivity index (χ0n) is 17.3. The number of hydrogen-bond acceptors (Lipinski definition) is 7. The minimum atomic E-state index is -3.89. The summed E-state index contributed by atoms with van der Waals surface area (Å²) in [5.41, 5.74) is 1.87. The third-order valence-electron chi connectivity index (χ3n) is 5.14. The molecule has 0 aliphatic carbocycles. The lowest BCUT2D eigenvalue weighted by Gasteiger charge is -2.24. The average molecular weight is 442 g/mol. The smallest absolute Gasteiger partial charge is 0.316 e. The van der Waals surface area contributed by atoms with Gasteiger partial charge in [-0.2, -0.15) is 4.98 Å². The molecule has 10 heteroatoms. The molecule has 4 rings (SSSR count). The third kappa shape index (κ3) is 4.58. The summed E-state index contributed by atoms with van der Waals surface area (Å²) in [5, 5.41) is 3.89. The largest absolute Gasteiger partial charge is 0.334 e. The van der Waals surface area contributed by atoms with E-state index in [9.17, 15) is 13.2 Å². The van der Waals surface area contributed by atoms with E-state index in [0.717, 1.165) is 24.8 Å². The number of nitrogens with one attached hydrogen (secondary N) is 1. The Kier molecular flexibility index (Phi) is 5.73. The van der Waals surface area contributed by atoms with Gasteiger partial charge in [-0.3, -0.25) is 9.52 Å². The van der Waals surface area contributed by atoms with Crippen LogP contribution in [0.3, 0.4) is 0 Å². The van der Waals surface area contributed by atoms with E-state index in [1.165, 1.54) is 12.3 Å². The quantitative estimate of drug-likeness (QED) is 0.646. The normalized spacial score (nSPS) is 14.5. The second-order valence-corrected chi connectivity index (χ2v) is 9.23. The van der Waals surface area contributed by atoms with E-state index in [0.29, 0.717) is 24.2 Å². The van der Waals surface area contributed by atoms with Crippen LogP contribution in [-0.2, 0) is 10.0 Å². The van der Waals surface area contributed by atoms with Crippen LogP contribution in [0.2, 0.25) is 0 Å². The van der Waals surface area contributed by atoms with Crippen LogP contribution in [-0.4, -0.2) is 47.4 Å². The minimum absolute atomic E-state index is 0.0713. The van der Waals surface area contributed by atoms with Crippen molar-refractivity contribution in [3.05, 3.63) is 53.5 Å². The SMILES string of the molecule is Cc1ccnc(NS(=O)(=O)c2cc(-c3noc(C(=O)N4CCCCC4)n3)ccc2C)c1. The number of rotatable bonds is 5. The van der Waals surface area contributed by atoms with Gasteiger partial charge in [-0.25, -0.2) is 13.4 Å². The van der Waals surface area contributed by atoms with Gasteiger partial charge in [0.25, 0.3) is 10.0 Å². The molecule has 1 amide bonds. The van der Waals surface area contributed by atoms with Crippen molar-refractivity contribution < 1.29 is 17.7 Å². The summed E-state index contributed by atoms with van der Waals surface area (Å²) in [6.07, 6.45) is 4.55. The number of benzene rings is 1. The lowest BCUT2D eigenvalue weighted by molar-refractivity contribution is 0.0674. The maximum atomic E-state index is 13.0. The number of carbonyl (C=O) groups excluding carboxylic acids is 1. The van der Waals surface area contributed by atoms with E-state index < -0.39 is 10.0 Å². The summed E-state index contributed by atoms with van der Waals surface area (Å²) >= 11 is 0. The molecule has 162 valence electrons. The van der Waals surface area contributed by atoms with Gasteiger partial charge < -0.3 is 9.42 Å². The van der Waals surface area contributed by atoms with Gasteiger partial charge in [-0.15, -0.1) is 0 Å². The second-order valence-electron chi connectivity index (χ2n) is 7.58. The highest BCUT2D eigenvalue weighted by Crippen LogP contribution is 2.25. The molecule has 1 N–H and O–H groups in total. The molecule has 0 unspecified atom stereocenters. The Bertz CT molecular complexity index is 1220. The molecule has 1 aliphatic rings. The van der Waals surface area contributed by atoms with Gasteiger partial charge in [0, 0.05) is 24.8 Å². The number of aryl methyl sites for hydroxylation is 2. The average Bonchev–Trinajstić information content (AvgIpc) is 3.24. The van der Waals surface area contributed by atoms with Gasteiger partial charge in [-0.05, 0) is 62.4 Å². The Hall–Kier alpha value is -3.27. The van der Waals surface area contributed by atoms with Crippen LogP contribution in [0.15, 0.2) is 45.9 Å². The Labute approximate surface area is 180 Å². The summed E-state index contributed by atoms with van der Waals surface area (Å²) in [4.78, 5) is 22.6. The molecule has 3 heterocycles. The predicted molar refractivity (Wildman–Crippen MR) is 114 cm³/mol. The van der Waals surface area contributed by atoms with Gasteiger partial charge in [0.15, 0.2) is 0 Å². The van der Waals surface area contributed by atoms with Crippen molar-refractivity contribution in [2.24, 2.45) is 0 Å². The van der Waals surface area contributed by atoms with Gasteiger partial charge in [0.1, 0.15) is 5.82 Å². The molecule has 9 nitrogen and oxygen atoms in total. The number of piperidine rings is 1. The monoisotopic (exact) mass is 441 g/mol. The number of pyridine rings is 1. The van der Waals surface area contributed by atoms with E-state index in [-0.39, 0.29) is 28.3 Å². The van der Waals surface area contributed by atoms with E-state index in [1.807, 2.05) is 6.92 Å². The number of hydrogen-bond donors (Lipinski definition) is 1. The first-order valence-corrected chi connectivity index (χ1v) is 11.5. The van der Waals surface area contributed by atoms with E-state index in [1.54, 1.807) is 36.1 Å². The summed E-state index contributed by atoms with van der Waals surface area (Å²) < 4.78 is 33.6. The minimum Gasteiger partial charge on any atom is -0.334 e. The molecule has 0 spiro atoms. The highest BCUT2D eigenvalue weighted by atomic mass is 32.2. The first kappa shape index (κ1) is 21.0. The fraction of sp³-hybridized carbons (Fsp3) is 0.333. The van der Waals surface area contributed by atoms with Crippen LogP contribution in [0.25, 0.3) is 11.4 Å². The number of amides is 1. The number of carbonyl (C=O) groups is 1. The Balaban J connectivity index is 1.61. The standard InChI is InChI=1S/C21H23N5O4S/c1-14-8-9-22-18(12-14)25-31(28,29)17-13-16(7-6-15(17)2)19-23-20(30-24-19)21(27)26-10-4-3-5-11-26/h6-9,12-13H,3-5,10-11H2,1-2H3,(H,22,25). The first-order chi connectivity index (χ1) is 14.8. The number of aromatic nitrogens is 3. The third-order valence-corrected chi connectivity index (χ3v) is 6.64. The zero-order valence-corrected chi connectivity index (χ0v) is 18.1. The van der Waals surface area contributed by atoms with Crippen molar-refractivity contribution in [3.8, 4) is 11.4 Å². The van der Waals surface area contributed by atoms with E-state index in [2.05, 4.69) is 19.8 Å². The van der Waals surface area contributed by atoms with Gasteiger partial charge >= 0.3 is 11.8 Å². The molecular weight excluding hydrogens is 418 g/mol. The van der Waals surface area contributed by atoms with Crippen molar-refractivity contribution in [2.75, 3.05) is 17.8 Å². The number of likely N-dealkylation sites (tertiary alicyclic amines) is 1. The van der Waals surface area contributed by atoms with Crippen LogP contribution >= 0.6 is 0 Å². The highest BCUT2D eigenvalue weighted by Gasteiger charge is 2.25. The molecule has 1 aromatic carbocycles. The van der Waals surface area contributed by atoms with Crippen molar-refractivity contribution >= 4 is 21.7 Å². The number of nitrogens with zero attached hydrogens (tertiary/aromatic N) is 4. The Morgan fingerprint density at radius 2 is 1.87 bits per heavy atom. The van der Waals surface area contributed by atoms with Crippen molar-refractivity contribution in [2.45, 2.75) is 38.0 Å². The van der Waals surface area contributed by atoms with Crippen LogP contribution < -0.4 is 4.72 Å². The summed E-state index contributed by atoms with van der Waals surface area (Å²) in [6.45, 7) is 4.89. The predicted octanol–water partition coefficient (Wildman–Crippen LogP) is 3.18. The lowest BCUT2D eigenvalue weighted by Crippen LogP contribution is -2.35. The van der Waals surface area contributed by atoms with Crippen LogP contribution in [0.5, 0.6) is 0 Å². The van der Waals surface area contributed by atoms with Crippen LogP contribution in [0, 0.1) is 13.8 Å². The van der Waals surface area contributed by atoms with Gasteiger partial charge in [0.2, 0.25) is 5.82 Å². The maximum Gasteiger partial charge on any atom is 0.316 e. The Morgan fingerprint density at radius 1 is 1.10 bits per heavy atom. The molecule has 0 atom stereocenters. The molecular formula is C21H23N5O4S. The Morgan fingerprint density at radius 3 is 2.61 bits per heavy atom. The molecule has 1 aliphatic heterocycles. The summed E-state index contributed by atoms with van der Waals surface area (Å²) in [6, 6.07) is 8.25.